The third-order valence-electron chi connectivity index (χ3n) is 2.52. The molecule has 0 aromatic carbocycles. The Bertz CT molecular complexity index is 620. The Morgan fingerprint density at radius 2 is 2.21 bits per heavy atom. The molecule has 5 heteroatoms. The van der Waals surface area contributed by atoms with E-state index in [9.17, 15) is 9.59 Å². The normalized spacial score (nSPS) is 10.2. The van der Waals surface area contributed by atoms with Gasteiger partial charge in [0.15, 0.2) is 0 Å². The average molecular weight is 258 g/mol. The number of hydrogen-bond donors (Lipinski definition) is 1. The lowest BCUT2D eigenvalue weighted by molar-refractivity contribution is -0.116. The Hall–Kier alpha value is -2.43. The molecule has 2 rings (SSSR count). The van der Waals surface area contributed by atoms with Gasteiger partial charge in [-0.2, -0.15) is 0 Å². The van der Waals surface area contributed by atoms with Crippen LogP contribution in [-0.2, 0) is 4.79 Å². The Morgan fingerprint density at radius 1 is 1.37 bits per heavy atom. The lowest BCUT2D eigenvalue weighted by Crippen LogP contribution is -2.17. The maximum Gasteiger partial charge on any atom is 0.360 e. The second kappa shape index (κ2) is 5.95. The minimum Gasteiger partial charge on any atom is -0.421 e. The summed E-state index contributed by atoms with van der Waals surface area (Å²) in [6, 6.07) is 6.73. The van der Waals surface area contributed by atoms with Gasteiger partial charge in [-0.1, -0.05) is 6.92 Å². The molecule has 2 aromatic rings. The van der Waals surface area contributed by atoms with Crippen molar-refractivity contribution in [2.45, 2.75) is 19.8 Å². The van der Waals surface area contributed by atoms with Crippen LogP contribution < -0.4 is 10.9 Å². The highest BCUT2D eigenvalue weighted by Crippen LogP contribution is 2.17. The van der Waals surface area contributed by atoms with Gasteiger partial charge in [0.25, 0.3) is 0 Å². The van der Waals surface area contributed by atoms with Crippen molar-refractivity contribution in [3.63, 3.8) is 0 Å². The standard InChI is InChI=1S/C14H14N2O3/c1-2-4-13(17)16-11-6-7-12(19-14(11)18)10-5-3-8-15-9-10/h3,5-9H,2,4H2,1H3,(H,16,17). The summed E-state index contributed by atoms with van der Waals surface area (Å²) >= 11 is 0. The van der Waals surface area contributed by atoms with Crippen molar-refractivity contribution in [2.75, 3.05) is 5.32 Å². The maximum atomic E-state index is 11.8. The van der Waals surface area contributed by atoms with Gasteiger partial charge in [0.05, 0.1) is 0 Å². The number of carbonyl (C=O) groups excluding carboxylic acids is 1. The Balaban J connectivity index is 2.23. The van der Waals surface area contributed by atoms with E-state index in [1.165, 1.54) is 0 Å². The van der Waals surface area contributed by atoms with Crippen LogP contribution in [0.5, 0.6) is 0 Å². The number of rotatable bonds is 4. The average Bonchev–Trinajstić information content (AvgIpc) is 2.42. The molecular weight excluding hydrogens is 244 g/mol. The number of amides is 1. The second-order valence-electron chi connectivity index (χ2n) is 4.04. The van der Waals surface area contributed by atoms with Gasteiger partial charge in [-0.3, -0.25) is 9.78 Å². The van der Waals surface area contributed by atoms with E-state index in [0.717, 1.165) is 6.42 Å². The zero-order chi connectivity index (χ0) is 13.7. The molecule has 0 aliphatic carbocycles. The first-order valence-corrected chi connectivity index (χ1v) is 6.05. The molecule has 5 nitrogen and oxygen atoms in total. The SMILES string of the molecule is CCCC(=O)Nc1ccc(-c2cccnc2)oc1=O. The molecule has 0 aliphatic rings. The van der Waals surface area contributed by atoms with Gasteiger partial charge >= 0.3 is 5.63 Å². The van der Waals surface area contributed by atoms with Crippen LogP contribution in [0.1, 0.15) is 19.8 Å². The smallest absolute Gasteiger partial charge is 0.360 e. The summed E-state index contributed by atoms with van der Waals surface area (Å²) in [6.45, 7) is 1.90. The minimum atomic E-state index is -0.564. The molecule has 0 spiro atoms. The highest BCUT2D eigenvalue weighted by Gasteiger charge is 2.08. The zero-order valence-electron chi connectivity index (χ0n) is 10.6. The molecule has 1 N–H and O–H groups in total. The maximum absolute atomic E-state index is 11.8. The van der Waals surface area contributed by atoms with Gasteiger partial charge in [-0.15, -0.1) is 0 Å². The monoisotopic (exact) mass is 258 g/mol. The zero-order valence-corrected chi connectivity index (χ0v) is 10.6. The van der Waals surface area contributed by atoms with Crippen LogP contribution >= 0.6 is 0 Å². The van der Waals surface area contributed by atoms with Gasteiger partial charge in [0.1, 0.15) is 11.4 Å². The number of nitrogens with one attached hydrogen (secondary N) is 1. The quantitative estimate of drug-likeness (QED) is 0.914. The minimum absolute atomic E-state index is 0.158. The van der Waals surface area contributed by atoms with E-state index in [1.807, 2.05) is 6.92 Å². The largest absolute Gasteiger partial charge is 0.421 e. The number of aromatic nitrogens is 1. The molecule has 2 heterocycles. The van der Waals surface area contributed by atoms with Gasteiger partial charge in [-0.05, 0) is 30.7 Å². The lowest BCUT2D eigenvalue weighted by Gasteiger charge is -2.04. The second-order valence-corrected chi connectivity index (χ2v) is 4.04. The molecule has 2 aromatic heterocycles. The molecule has 0 fully saturated rings. The Morgan fingerprint density at radius 3 is 2.84 bits per heavy atom. The lowest BCUT2D eigenvalue weighted by atomic mass is 10.2. The van der Waals surface area contributed by atoms with Crippen LogP contribution in [0, 0.1) is 0 Å². The molecule has 0 unspecified atom stereocenters. The summed E-state index contributed by atoms with van der Waals surface area (Å²) in [5.41, 5.74) is 0.308. The molecule has 1 amide bonds. The molecule has 19 heavy (non-hydrogen) atoms. The van der Waals surface area contributed by atoms with Crippen molar-refractivity contribution in [3.8, 4) is 11.3 Å². The van der Waals surface area contributed by atoms with E-state index in [0.29, 0.717) is 17.7 Å². The third kappa shape index (κ3) is 3.28. The first-order chi connectivity index (χ1) is 9.20. The van der Waals surface area contributed by atoms with E-state index in [1.54, 1.807) is 36.7 Å². The summed E-state index contributed by atoms with van der Waals surface area (Å²) in [5.74, 6) is 0.232. The molecule has 0 saturated heterocycles. The number of anilines is 1. The van der Waals surface area contributed by atoms with E-state index < -0.39 is 5.63 Å². The molecule has 0 atom stereocenters. The van der Waals surface area contributed by atoms with Crippen molar-refractivity contribution in [1.29, 1.82) is 0 Å². The number of carbonyl (C=O) groups is 1. The number of nitrogens with zero attached hydrogens (tertiary/aromatic N) is 1. The van der Waals surface area contributed by atoms with Crippen LogP contribution in [0.3, 0.4) is 0 Å². The summed E-state index contributed by atoms with van der Waals surface area (Å²) in [7, 11) is 0. The molecular formula is C14H14N2O3. The highest BCUT2D eigenvalue weighted by molar-refractivity contribution is 5.90. The predicted molar refractivity (Wildman–Crippen MR) is 71.7 cm³/mol. The van der Waals surface area contributed by atoms with E-state index in [-0.39, 0.29) is 11.6 Å². The van der Waals surface area contributed by atoms with E-state index >= 15 is 0 Å². The van der Waals surface area contributed by atoms with Gasteiger partial charge in [0.2, 0.25) is 5.91 Å². The van der Waals surface area contributed by atoms with Crippen LogP contribution in [0.4, 0.5) is 5.69 Å². The Kier molecular flexibility index (Phi) is 4.07. The summed E-state index contributed by atoms with van der Waals surface area (Å²) < 4.78 is 5.16. The van der Waals surface area contributed by atoms with Gasteiger partial charge in [0, 0.05) is 24.4 Å². The molecule has 0 saturated carbocycles. The number of hydrogen-bond acceptors (Lipinski definition) is 4. The van der Waals surface area contributed by atoms with Crippen molar-refractivity contribution < 1.29 is 9.21 Å². The molecule has 0 bridgehead atoms. The first kappa shape index (κ1) is 13.0. The fraction of sp³-hybridized carbons (Fsp3) is 0.214. The summed E-state index contributed by atoms with van der Waals surface area (Å²) in [5, 5.41) is 2.53. The van der Waals surface area contributed by atoms with Crippen LogP contribution in [0.2, 0.25) is 0 Å². The Labute approximate surface area is 110 Å². The fourth-order valence-corrected chi connectivity index (χ4v) is 1.61. The molecule has 98 valence electrons. The van der Waals surface area contributed by atoms with E-state index in [4.69, 9.17) is 4.42 Å². The van der Waals surface area contributed by atoms with Gasteiger partial charge in [-0.25, -0.2) is 4.79 Å². The van der Waals surface area contributed by atoms with E-state index in [2.05, 4.69) is 10.3 Å². The van der Waals surface area contributed by atoms with Crippen molar-refractivity contribution in [1.82, 2.24) is 4.98 Å². The summed E-state index contributed by atoms with van der Waals surface area (Å²) in [4.78, 5) is 27.1. The van der Waals surface area contributed by atoms with Crippen LogP contribution in [0.15, 0.2) is 45.9 Å². The van der Waals surface area contributed by atoms with Crippen molar-refractivity contribution >= 4 is 11.6 Å². The predicted octanol–water partition coefficient (Wildman–Crippen LogP) is 2.44. The first-order valence-electron chi connectivity index (χ1n) is 6.05. The van der Waals surface area contributed by atoms with Crippen LogP contribution in [-0.4, -0.2) is 10.9 Å². The van der Waals surface area contributed by atoms with Crippen molar-refractivity contribution in [3.05, 3.63) is 47.1 Å². The fourth-order valence-electron chi connectivity index (χ4n) is 1.61. The van der Waals surface area contributed by atoms with Crippen LogP contribution in [0.25, 0.3) is 11.3 Å². The third-order valence-corrected chi connectivity index (χ3v) is 2.52. The number of pyridine rings is 1. The molecule has 0 aliphatic heterocycles. The highest BCUT2D eigenvalue weighted by atomic mass is 16.4. The topological polar surface area (TPSA) is 72.2 Å². The van der Waals surface area contributed by atoms with Gasteiger partial charge < -0.3 is 9.73 Å². The molecule has 0 radical (unpaired) electrons. The van der Waals surface area contributed by atoms with Crippen molar-refractivity contribution in [2.24, 2.45) is 0 Å². The summed E-state index contributed by atoms with van der Waals surface area (Å²) in [6.07, 6.45) is 4.35.